The molecule has 2 rings (SSSR count). The highest BCUT2D eigenvalue weighted by Crippen LogP contribution is 2.17. The lowest BCUT2D eigenvalue weighted by atomic mass is 10.1. The predicted molar refractivity (Wildman–Crippen MR) is 112 cm³/mol. The quantitative estimate of drug-likeness (QED) is 0.728. The molecular formula is C22H29N3O4. The van der Waals surface area contributed by atoms with Crippen LogP contribution in [0.3, 0.4) is 0 Å². The van der Waals surface area contributed by atoms with Gasteiger partial charge >= 0.3 is 5.97 Å². The summed E-state index contributed by atoms with van der Waals surface area (Å²) in [6.07, 6.45) is 0. The van der Waals surface area contributed by atoms with E-state index in [0.29, 0.717) is 29.1 Å². The van der Waals surface area contributed by atoms with Crippen LogP contribution in [0.25, 0.3) is 0 Å². The van der Waals surface area contributed by atoms with Gasteiger partial charge in [-0.25, -0.2) is 4.79 Å². The third-order valence-corrected chi connectivity index (χ3v) is 4.29. The fourth-order valence-corrected chi connectivity index (χ4v) is 2.92. The fraction of sp³-hybridized carbons (Fsp3) is 0.409. The van der Waals surface area contributed by atoms with Gasteiger partial charge in [0.2, 0.25) is 5.91 Å². The SMILES string of the molecule is CCOC(=O)c1cc(C)n(CC(=O)Nc2ccc(C(=O)NC(C)(C)C)cc2)c1C. The number of carbonyl (C=O) groups is 3. The smallest absolute Gasteiger partial charge is 0.339 e. The maximum Gasteiger partial charge on any atom is 0.339 e. The number of aryl methyl sites for hydroxylation is 1. The van der Waals surface area contributed by atoms with Gasteiger partial charge in [0.05, 0.1) is 12.2 Å². The second kappa shape index (κ2) is 8.94. The normalized spacial score (nSPS) is 11.1. The number of amides is 2. The molecule has 0 radical (unpaired) electrons. The largest absolute Gasteiger partial charge is 0.462 e. The van der Waals surface area contributed by atoms with Gasteiger partial charge in [0, 0.05) is 28.2 Å². The molecular weight excluding hydrogens is 370 g/mol. The zero-order chi connectivity index (χ0) is 21.8. The highest BCUT2D eigenvalue weighted by molar-refractivity contribution is 5.96. The van der Waals surface area contributed by atoms with Gasteiger partial charge in [-0.3, -0.25) is 9.59 Å². The van der Waals surface area contributed by atoms with E-state index < -0.39 is 5.97 Å². The van der Waals surface area contributed by atoms with Crippen LogP contribution in [0.5, 0.6) is 0 Å². The second-order valence-electron chi connectivity index (χ2n) is 7.92. The zero-order valence-corrected chi connectivity index (χ0v) is 17.9. The summed E-state index contributed by atoms with van der Waals surface area (Å²) >= 11 is 0. The molecule has 1 aromatic carbocycles. The molecule has 7 nitrogen and oxygen atoms in total. The molecule has 156 valence electrons. The van der Waals surface area contributed by atoms with Crippen LogP contribution in [0, 0.1) is 13.8 Å². The first kappa shape index (κ1) is 22.2. The lowest BCUT2D eigenvalue weighted by molar-refractivity contribution is -0.116. The first-order valence-corrected chi connectivity index (χ1v) is 9.58. The van der Waals surface area contributed by atoms with E-state index in [0.717, 1.165) is 5.69 Å². The number of nitrogens with zero attached hydrogens (tertiary/aromatic N) is 1. The fourth-order valence-electron chi connectivity index (χ4n) is 2.92. The summed E-state index contributed by atoms with van der Waals surface area (Å²) in [5, 5.41) is 5.71. The Hall–Kier alpha value is -3.09. The minimum absolute atomic E-state index is 0.0728. The molecule has 0 aliphatic carbocycles. The highest BCUT2D eigenvalue weighted by Gasteiger charge is 2.18. The van der Waals surface area contributed by atoms with Gasteiger partial charge in [-0.2, -0.15) is 0 Å². The molecule has 0 atom stereocenters. The first-order chi connectivity index (χ1) is 13.5. The van der Waals surface area contributed by atoms with Crippen molar-refractivity contribution in [1.82, 2.24) is 9.88 Å². The minimum Gasteiger partial charge on any atom is -0.462 e. The molecule has 0 unspecified atom stereocenters. The van der Waals surface area contributed by atoms with Gasteiger partial charge < -0.3 is 19.9 Å². The van der Waals surface area contributed by atoms with Gasteiger partial charge in [-0.05, 0) is 71.9 Å². The van der Waals surface area contributed by atoms with E-state index in [9.17, 15) is 14.4 Å². The van der Waals surface area contributed by atoms with Crippen molar-refractivity contribution in [3.05, 3.63) is 52.8 Å². The Kier molecular flexibility index (Phi) is 6.84. The average Bonchev–Trinajstić information content (AvgIpc) is 2.89. The molecule has 2 N–H and O–H groups in total. The van der Waals surface area contributed by atoms with E-state index in [4.69, 9.17) is 4.74 Å². The zero-order valence-electron chi connectivity index (χ0n) is 17.9. The van der Waals surface area contributed by atoms with Crippen molar-refractivity contribution in [3.8, 4) is 0 Å². The summed E-state index contributed by atoms with van der Waals surface area (Å²) < 4.78 is 6.82. The Balaban J connectivity index is 2.05. The summed E-state index contributed by atoms with van der Waals surface area (Å²) in [5.41, 5.74) is 2.75. The molecule has 0 fully saturated rings. The molecule has 0 aliphatic rings. The molecule has 0 saturated carbocycles. The number of rotatable bonds is 6. The van der Waals surface area contributed by atoms with Crippen molar-refractivity contribution in [1.29, 1.82) is 0 Å². The number of hydrogen-bond donors (Lipinski definition) is 2. The Bertz CT molecular complexity index is 905. The van der Waals surface area contributed by atoms with Crippen molar-refractivity contribution in [2.75, 3.05) is 11.9 Å². The van der Waals surface area contributed by atoms with Gasteiger partial charge in [0.15, 0.2) is 0 Å². The molecule has 0 aliphatic heterocycles. The van der Waals surface area contributed by atoms with Crippen LogP contribution in [0.1, 0.15) is 59.8 Å². The van der Waals surface area contributed by atoms with E-state index in [2.05, 4.69) is 10.6 Å². The molecule has 0 saturated heterocycles. The van der Waals surface area contributed by atoms with Crippen LogP contribution in [0.2, 0.25) is 0 Å². The van der Waals surface area contributed by atoms with Crippen LogP contribution in [-0.2, 0) is 16.1 Å². The molecule has 0 bridgehead atoms. The van der Waals surface area contributed by atoms with Crippen LogP contribution >= 0.6 is 0 Å². The van der Waals surface area contributed by atoms with E-state index in [-0.39, 0.29) is 23.9 Å². The topological polar surface area (TPSA) is 89.4 Å². The van der Waals surface area contributed by atoms with E-state index >= 15 is 0 Å². The summed E-state index contributed by atoms with van der Waals surface area (Å²) in [7, 11) is 0. The van der Waals surface area contributed by atoms with Gasteiger partial charge in [0.1, 0.15) is 6.54 Å². The number of esters is 1. The second-order valence-corrected chi connectivity index (χ2v) is 7.92. The van der Waals surface area contributed by atoms with Gasteiger partial charge in [-0.1, -0.05) is 0 Å². The standard InChI is InChI=1S/C22H29N3O4/c1-7-29-21(28)18-12-14(2)25(15(18)3)13-19(26)23-17-10-8-16(9-11-17)20(27)24-22(4,5)6/h8-12H,7,13H2,1-6H3,(H,23,26)(H,24,27). The average molecular weight is 399 g/mol. The number of hydrogen-bond acceptors (Lipinski definition) is 4. The maximum absolute atomic E-state index is 12.5. The Morgan fingerprint density at radius 1 is 1.07 bits per heavy atom. The van der Waals surface area contributed by atoms with Gasteiger partial charge in [0.25, 0.3) is 5.91 Å². The summed E-state index contributed by atoms with van der Waals surface area (Å²) in [4.78, 5) is 36.7. The van der Waals surface area contributed by atoms with Crippen LogP contribution < -0.4 is 10.6 Å². The van der Waals surface area contributed by atoms with Crippen molar-refractivity contribution < 1.29 is 19.1 Å². The van der Waals surface area contributed by atoms with Crippen LogP contribution in [0.15, 0.2) is 30.3 Å². The Labute approximate surface area is 171 Å². The molecule has 29 heavy (non-hydrogen) atoms. The third-order valence-electron chi connectivity index (χ3n) is 4.29. The van der Waals surface area contributed by atoms with E-state index in [1.165, 1.54) is 0 Å². The molecule has 2 aromatic rings. The van der Waals surface area contributed by atoms with Gasteiger partial charge in [-0.15, -0.1) is 0 Å². The number of nitrogens with one attached hydrogen (secondary N) is 2. The number of aromatic nitrogens is 1. The predicted octanol–water partition coefficient (Wildman–Crippen LogP) is 3.45. The van der Waals surface area contributed by atoms with Crippen molar-refractivity contribution in [2.45, 2.75) is 53.6 Å². The highest BCUT2D eigenvalue weighted by atomic mass is 16.5. The van der Waals surface area contributed by atoms with Crippen LogP contribution in [0.4, 0.5) is 5.69 Å². The molecule has 2 amide bonds. The van der Waals surface area contributed by atoms with Crippen molar-refractivity contribution in [3.63, 3.8) is 0 Å². The monoisotopic (exact) mass is 399 g/mol. The van der Waals surface area contributed by atoms with Crippen molar-refractivity contribution in [2.24, 2.45) is 0 Å². The summed E-state index contributed by atoms with van der Waals surface area (Å²) in [6, 6.07) is 8.44. The first-order valence-electron chi connectivity index (χ1n) is 9.58. The maximum atomic E-state index is 12.5. The van der Waals surface area contributed by atoms with E-state index in [1.807, 2.05) is 27.7 Å². The Morgan fingerprint density at radius 2 is 1.69 bits per heavy atom. The minimum atomic E-state index is -0.392. The molecule has 1 heterocycles. The number of carbonyl (C=O) groups excluding carboxylic acids is 3. The molecule has 1 aromatic heterocycles. The molecule has 0 spiro atoms. The summed E-state index contributed by atoms with van der Waals surface area (Å²) in [6.45, 7) is 11.5. The van der Waals surface area contributed by atoms with Crippen LogP contribution in [-0.4, -0.2) is 34.5 Å². The molecule has 7 heteroatoms. The van der Waals surface area contributed by atoms with E-state index in [1.54, 1.807) is 48.7 Å². The lowest BCUT2D eigenvalue weighted by Gasteiger charge is -2.20. The number of anilines is 1. The lowest BCUT2D eigenvalue weighted by Crippen LogP contribution is -2.40. The Morgan fingerprint density at radius 3 is 2.24 bits per heavy atom. The summed E-state index contributed by atoms with van der Waals surface area (Å²) in [5.74, 6) is -0.786. The number of benzene rings is 1. The number of ether oxygens (including phenoxy) is 1. The third kappa shape index (κ3) is 5.94. The van der Waals surface area contributed by atoms with Crippen molar-refractivity contribution >= 4 is 23.5 Å².